The molecule has 0 aliphatic rings. The van der Waals surface area contributed by atoms with Crippen LogP contribution in [-0.2, 0) is 6.54 Å². The fraction of sp³-hybridized carbons (Fsp3) is 0.462. The van der Waals surface area contributed by atoms with Crippen LogP contribution in [0.3, 0.4) is 0 Å². The molecule has 0 saturated carbocycles. The van der Waals surface area contributed by atoms with Crippen LogP contribution in [0.5, 0.6) is 0 Å². The van der Waals surface area contributed by atoms with E-state index in [2.05, 4.69) is 20.4 Å². The minimum absolute atomic E-state index is 0.0762. The summed E-state index contributed by atoms with van der Waals surface area (Å²) >= 11 is 0. The molecule has 0 aliphatic heterocycles. The molecule has 21 heavy (non-hydrogen) atoms. The second-order valence-corrected chi connectivity index (χ2v) is 4.61. The minimum atomic E-state index is -0.447. The molecule has 0 spiro atoms. The Morgan fingerprint density at radius 2 is 2.14 bits per heavy atom. The summed E-state index contributed by atoms with van der Waals surface area (Å²) in [5.74, 6) is 0.388. The quantitative estimate of drug-likeness (QED) is 0.648. The molecule has 0 radical (unpaired) electrons. The fourth-order valence-electron chi connectivity index (χ4n) is 2.06. The average molecular weight is 290 g/mol. The van der Waals surface area contributed by atoms with Gasteiger partial charge in [0.2, 0.25) is 5.95 Å². The van der Waals surface area contributed by atoms with Crippen LogP contribution in [0.1, 0.15) is 26.0 Å². The number of nitro groups is 1. The summed E-state index contributed by atoms with van der Waals surface area (Å²) in [6.07, 6.45) is 4.31. The molecule has 0 bridgehead atoms. The first-order valence-corrected chi connectivity index (χ1v) is 6.86. The van der Waals surface area contributed by atoms with Crippen LogP contribution in [0.15, 0.2) is 12.4 Å². The van der Waals surface area contributed by atoms with E-state index in [1.54, 1.807) is 24.0 Å². The summed E-state index contributed by atoms with van der Waals surface area (Å²) in [5.41, 5.74) is 1.18. The third-order valence-corrected chi connectivity index (χ3v) is 2.94. The highest BCUT2D eigenvalue weighted by atomic mass is 16.6. The van der Waals surface area contributed by atoms with Crippen molar-refractivity contribution in [1.29, 1.82) is 0 Å². The summed E-state index contributed by atoms with van der Waals surface area (Å²) < 4.78 is 1.75. The van der Waals surface area contributed by atoms with Gasteiger partial charge in [0.15, 0.2) is 5.69 Å². The van der Waals surface area contributed by atoms with Crippen molar-refractivity contribution in [2.75, 3.05) is 11.9 Å². The topological polar surface area (TPSA) is 98.8 Å². The number of rotatable bonds is 6. The molecule has 8 nitrogen and oxygen atoms in total. The number of aromatic nitrogens is 4. The summed E-state index contributed by atoms with van der Waals surface area (Å²) in [6, 6.07) is 0. The van der Waals surface area contributed by atoms with Crippen molar-refractivity contribution in [3.63, 3.8) is 0 Å². The van der Waals surface area contributed by atoms with Gasteiger partial charge in [0.1, 0.15) is 5.69 Å². The maximum atomic E-state index is 11.3. The lowest BCUT2D eigenvalue weighted by molar-refractivity contribution is -0.385. The van der Waals surface area contributed by atoms with Gasteiger partial charge in [0.05, 0.1) is 11.1 Å². The van der Waals surface area contributed by atoms with Crippen molar-refractivity contribution in [2.45, 2.75) is 33.7 Å². The smallest absolute Gasteiger partial charge is 0.316 e. The standard InChI is InChI=1S/C13H18N6O2/c1-4-6-18-8-10(7-15-18)11-12(19(20)21)9(3)16-13(17-11)14-5-2/h7-8H,4-6H2,1-3H3,(H,14,16,17). The van der Waals surface area contributed by atoms with Gasteiger partial charge in [-0.3, -0.25) is 14.8 Å². The van der Waals surface area contributed by atoms with Crippen LogP contribution in [0.4, 0.5) is 11.6 Å². The molecule has 2 heterocycles. The van der Waals surface area contributed by atoms with E-state index in [9.17, 15) is 10.1 Å². The van der Waals surface area contributed by atoms with Crippen LogP contribution >= 0.6 is 0 Å². The Bertz CT molecular complexity index is 652. The maximum Gasteiger partial charge on any atom is 0.316 e. The molecular weight excluding hydrogens is 272 g/mol. The number of aryl methyl sites for hydroxylation is 2. The van der Waals surface area contributed by atoms with Gasteiger partial charge < -0.3 is 5.32 Å². The maximum absolute atomic E-state index is 11.3. The number of hydrogen-bond donors (Lipinski definition) is 1. The SMILES string of the molecule is CCCn1cc(-c2nc(NCC)nc(C)c2[N+](=O)[O-])cn1. The van der Waals surface area contributed by atoms with Crippen LogP contribution in [0.2, 0.25) is 0 Å². The summed E-state index contributed by atoms with van der Waals surface area (Å²) in [6.45, 7) is 6.98. The average Bonchev–Trinajstić information content (AvgIpc) is 2.87. The van der Waals surface area contributed by atoms with Crippen molar-refractivity contribution in [2.24, 2.45) is 0 Å². The first kappa shape index (κ1) is 14.9. The van der Waals surface area contributed by atoms with Gasteiger partial charge in [-0.1, -0.05) is 6.92 Å². The van der Waals surface area contributed by atoms with Crippen molar-refractivity contribution in [3.05, 3.63) is 28.2 Å². The van der Waals surface area contributed by atoms with Gasteiger partial charge in [-0.15, -0.1) is 0 Å². The van der Waals surface area contributed by atoms with Gasteiger partial charge in [-0.25, -0.2) is 9.97 Å². The highest BCUT2D eigenvalue weighted by Crippen LogP contribution is 2.30. The van der Waals surface area contributed by atoms with Crippen LogP contribution < -0.4 is 5.32 Å². The fourth-order valence-corrected chi connectivity index (χ4v) is 2.06. The highest BCUT2D eigenvalue weighted by molar-refractivity contribution is 5.70. The third kappa shape index (κ3) is 3.15. The Morgan fingerprint density at radius 1 is 1.38 bits per heavy atom. The second kappa shape index (κ2) is 6.29. The second-order valence-electron chi connectivity index (χ2n) is 4.61. The van der Waals surface area contributed by atoms with Crippen molar-refractivity contribution >= 4 is 11.6 Å². The van der Waals surface area contributed by atoms with Crippen LogP contribution in [-0.4, -0.2) is 31.2 Å². The van der Waals surface area contributed by atoms with E-state index >= 15 is 0 Å². The van der Waals surface area contributed by atoms with Gasteiger partial charge in [0, 0.05) is 24.8 Å². The monoisotopic (exact) mass is 290 g/mol. The van der Waals surface area contributed by atoms with E-state index in [1.165, 1.54) is 0 Å². The zero-order chi connectivity index (χ0) is 15.4. The molecule has 0 saturated heterocycles. The van der Waals surface area contributed by atoms with Gasteiger partial charge in [0.25, 0.3) is 0 Å². The zero-order valence-electron chi connectivity index (χ0n) is 12.3. The molecule has 112 valence electrons. The lowest BCUT2D eigenvalue weighted by Crippen LogP contribution is -2.07. The van der Waals surface area contributed by atoms with E-state index in [0.717, 1.165) is 13.0 Å². The predicted molar refractivity (Wildman–Crippen MR) is 79.1 cm³/mol. The van der Waals surface area contributed by atoms with E-state index in [4.69, 9.17) is 0 Å². The molecule has 2 aromatic rings. The Kier molecular flexibility index (Phi) is 4.46. The van der Waals surface area contributed by atoms with Crippen LogP contribution in [0.25, 0.3) is 11.3 Å². The molecule has 0 aromatic carbocycles. The number of hydrogen-bond acceptors (Lipinski definition) is 6. The molecule has 2 aromatic heterocycles. The van der Waals surface area contributed by atoms with Gasteiger partial charge in [-0.05, 0) is 20.3 Å². The molecule has 2 rings (SSSR count). The van der Waals surface area contributed by atoms with E-state index in [1.807, 2.05) is 13.8 Å². The van der Waals surface area contributed by atoms with Crippen molar-refractivity contribution < 1.29 is 4.92 Å². The first-order valence-electron chi connectivity index (χ1n) is 6.86. The first-order chi connectivity index (χ1) is 10.1. The van der Waals surface area contributed by atoms with E-state index in [-0.39, 0.29) is 5.69 Å². The van der Waals surface area contributed by atoms with Crippen molar-refractivity contribution in [3.8, 4) is 11.3 Å². The molecule has 8 heteroatoms. The zero-order valence-corrected chi connectivity index (χ0v) is 12.3. The molecule has 1 N–H and O–H groups in total. The highest BCUT2D eigenvalue weighted by Gasteiger charge is 2.24. The Morgan fingerprint density at radius 3 is 2.76 bits per heavy atom. The van der Waals surface area contributed by atoms with Gasteiger partial charge in [-0.2, -0.15) is 5.10 Å². The summed E-state index contributed by atoms with van der Waals surface area (Å²) in [5, 5.41) is 18.5. The number of nitrogens with zero attached hydrogens (tertiary/aromatic N) is 5. The van der Waals surface area contributed by atoms with Crippen molar-refractivity contribution in [1.82, 2.24) is 19.7 Å². The number of nitrogens with one attached hydrogen (secondary N) is 1. The summed E-state index contributed by atoms with van der Waals surface area (Å²) in [7, 11) is 0. The molecular formula is C13H18N6O2. The third-order valence-electron chi connectivity index (χ3n) is 2.94. The molecule has 0 unspecified atom stereocenters. The minimum Gasteiger partial charge on any atom is -0.354 e. The lowest BCUT2D eigenvalue weighted by Gasteiger charge is -2.06. The van der Waals surface area contributed by atoms with E-state index in [0.29, 0.717) is 29.4 Å². The normalized spacial score (nSPS) is 10.6. The Balaban J connectivity index is 2.54. The Labute approximate surface area is 122 Å². The summed E-state index contributed by atoms with van der Waals surface area (Å²) in [4.78, 5) is 19.2. The molecule has 0 amide bonds. The molecule has 0 fully saturated rings. The predicted octanol–water partition coefficient (Wildman–Crippen LogP) is 2.40. The van der Waals surface area contributed by atoms with Crippen LogP contribution in [0, 0.1) is 17.0 Å². The largest absolute Gasteiger partial charge is 0.354 e. The molecule has 0 aliphatic carbocycles. The molecule has 0 atom stereocenters. The van der Waals surface area contributed by atoms with Gasteiger partial charge >= 0.3 is 5.69 Å². The Hall–Kier alpha value is -2.51. The number of anilines is 1. The lowest BCUT2D eigenvalue weighted by atomic mass is 10.2. The van der Waals surface area contributed by atoms with E-state index < -0.39 is 4.92 Å².